The molecule has 3 nitrogen and oxygen atoms in total. The Labute approximate surface area is 98.6 Å². The zero-order valence-corrected chi connectivity index (χ0v) is 10.7. The first-order chi connectivity index (χ1) is 6.38. The van der Waals surface area contributed by atoms with E-state index in [4.69, 9.17) is 5.73 Å². The van der Waals surface area contributed by atoms with Crippen molar-refractivity contribution < 1.29 is 4.79 Å². The normalized spacial score (nSPS) is 26.7. The predicted molar refractivity (Wildman–Crippen MR) is 65.1 cm³/mol. The number of nitrogens with two attached hydrogens (primary N) is 1. The monoisotopic (exact) mass is 234 g/mol. The van der Waals surface area contributed by atoms with Crippen LogP contribution in [0.15, 0.2) is 0 Å². The Bertz CT molecular complexity index is 205. The second-order valence-corrected chi connectivity index (χ2v) is 5.35. The molecule has 0 heterocycles. The van der Waals surface area contributed by atoms with Crippen LogP contribution < -0.4 is 11.1 Å². The maximum Gasteiger partial charge on any atom is 0.223 e. The summed E-state index contributed by atoms with van der Waals surface area (Å²) in [6.45, 7) is 6.04. The van der Waals surface area contributed by atoms with Gasteiger partial charge in [-0.25, -0.2) is 0 Å². The van der Waals surface area contributed by atoms with Crippen LogP contribution in [0.4, 0.5) is 0 Å². The van der Waals surface area contributed by atoms with Crippen molar-refractivity contribution in [3.05, 3.63) is 0 Å². The molecule has 0 bridgehead atoms. The summed E-state index contributed by atoms with van der Waals surface area (Å²) in [6, 6.07) is 0.314. The molecule has 0 aromatic rings. The van der Waals surface area contributed by atoms with E-state index in [1.54, 1.807) is 0 Å². The third kappa shape index (κ3) is 5.38. The third-order valence-corrected chi connectivity index (χ3v) is 2.64. The maximum atomic E-state index is 11.8. The molecule has 0 saturated heterocycles. The molecule has 1 aliphatic carbocycles. The van der Waals surface area contributed by atoms with E-state index in [0.29, 0.717) is 6.04 Å². The van der Waals surface area contributed by atoms with Gasteiger partial charge in [-0.3, -0.25) is 4.79 Å². The molecule has 1 aliphatic rings. The maximum absolute atomic E-state index is 11.8. The van der Waals surface area contributed by atoms with Crippen molar-refractivity contribution >= 4 is 18.3 Å². The minimum atomic E-state index is -0.114. The van der Waals surface area contributed by atoms with Crippen LogP contribution in [-0.2, 0) is 4.79 Å². The van der Waals surface area contributed by atoms with Crippen LogP contribution in [-0.4, -0.2) is 17.5 Å². The molecule has 1 fully saturated rings. The number of halogens is 1. The van der Waals surface area contributed by atoms with Gasteiger partial charge in [0.2, 0.25) is 5.91 Å². The molecule has 0 aromatic carbocycles. The largest absolute Gasteiger partial charge is 0.351 e. The van der Waals surface area contributed by atoms with Gasteiger partial charge in [-0.2, -0.15) is 0 Å². The summed E-state index contributed by atoms with van der Waals surface area (Å²) in [5.41, 5.74) is 5.68. The van der Waals surface area contributed by atoms with Crippen LogP contribution in [0.2, 0.25) is 0 Å². The van der Waals surface area contributed by atoms with Crippen LogP contribution in [0.1, 0.15) is 46.5 Å². The lowest BCUT2D eigenvalue weighted by molar-refractivity contribution is -0.127. The van der Waals surface area contributed by atoms with E-state index >= 15 is 0 Å². The minimum absolute atomic E-state index is 0. The van der Waals surface area contributed by atoms with E-state index in [2.05, 4.69) is 5.32 Å². The van der Waals surface area contributed by atoms with Crippen LogP contribution in [0.5, 0.6) is 0 Å². The van der Waals surface area contributed by atoms with Crippen molar-refractivity contribution in [1.82, 2.24) is 5.32 Å². The summed E-state index contributed by atoms with van der Waals surface area (Å²) < 4.78 is 0. The topological polar surface area (TPSA) is 55.1 Å². The first-order valence-electron chi connectivity index (χ1n) is 5.46. The fourth-order valence-electron chi connectivity index (χ4n) is 1.85. The Balaban J connectivity index is 0.00000196. The average Bonchev–Trinajstić information content (AvgIpc) is 2.02. The number of hydrogen-bond acceptors (Lipinski definition) is 2. The number of carbonyl (C=O) groups excluding carboxylic acids is 1. The molecule has 0 aliphatic heterocycles. The van der Waals surface area contributed by atoms with Crippen molar-refractivity contribution in [2.45, 2.75) is 58.0 Å². The first-order valence-corrected chi connectivity index (χ1v) is 5.46. The fourth-order valence-corrected chi connectivity index (χ4v) is 1.85. The van der Waals surface area contributed by atoms with Gasteiger partial charge >= 0.3 is 0 Å². The highest BCUT2D eigenvalue weighted by Gasteiger charge is 2.26. The lowest BCUT2D eigenvalue weighted by Gasteiger charge is -2.29. The molecule has 1 saturated carbocycles. The lowest BCUT2D eigenvalue weighted by atomic mass is 9.85. The Morgan fingerprint density at radius 2 is 1.67 bits per heavy atom. The van der Waals surface area contributed by atoms with Gasteiger partial charge in [0.05, 0.1) is 0 Å². The van der Waals surface area contributed by atoms with Gasteiger partial charge in [0.15, 0.2) is 0 Å². The summed E-state index contributed by atoms with van der Waals surface area (Å²) in [5.74, 6) is 0.387. The molecule has 4 heteroatoms. The van der Waals surface area contributed by atoms with Crippen LogP contribution in [0.25, 0.3) is 0 Å². The predicted octanol–water partition coefficient (Wildman–Crippen LogP) is 1.84. The summed E-state index contributed by atoms with van der Waals surface area (Å²) in [6.07, 6.45) is 3.87. The number of amides is 1. The Hall–Kier alpha value is -0.280. The third-order valence-electron chi connectivity index (χ3n) is 2.64. The Morgan fingerprint density at radius 1 is 1.20 bits per heavy atom. The standard InChI is InChI=1S/C11H22N2O.ClH/c1-11(2,3)13-10(14)8-4-6-9(12)7-5-8;/h8-9H,4-7,12H2,1-3H3,(H,13,14);1H. The van der Waals surface area contributed by atoms with E-state index in [-0.39, 0.29) is 29.8 Å². The van der Waals surface area contributed by atoms with Gasteiger partial charge in [-0.1, -0.05) is 0 Å². The van der Waals surface area contributed by atoms with Crippen molar-refractivity contribution in [3.8, 4) is 0 Å². The van der Waals surface area contributed by atoms with Gasteiger partial charge in [0.25, 0.3) is 0 Å². The fraction of sp³-hybridized carbons (Fsp3) is 0.909. The summed E-state index contributed by atoms with van der Waals surface area (Å²) in [4.78, 5) is 11.8. The van der Waals surface area contributed by atoms with Crippen LogP contribution in [0.3, 0.4) is 0 Å². The van der Waals surface area contributed by atoms with E-state index in [0.717, 1.165) is 25.7 Å². The van der Waals surface area contributed by atoms with Gasteiger partial charge in [-0.15, -0.1) is 12.4 Å². The van der Waals surface area contributed by atoms with E-state index in [9.17, 15) is 4.79 Å². The smallest absolute Gasteiger partial charge is 0.223 e. The van der Waals surface area contributed by atoms with Gasteiger partial charge in [0.1, 0.15) is 0 Å². The molecular formula is C11H23ClN2O. The highest BCUT2D eigenvalue weighted by atomic mass is 35.5. The van der Waals surface area contributed by atoms with Gasteiger partial charge in [0, 0.05) is 17.5 Å². The van der Waals surface area contributed by atoms with Crippen molar-refractivity contribution in [1.29, 1.82) is 0 Å². The lowest BCUT2D eigenvalue weighted by Crippen LogP contribution is -2.45. The molecule has 0 spiro atoms. The van der Waals surface area contributed by atoms with Crippen molar-refractivity contribution in [3.63, 3.8) is 0 Å². The molecular weight excluding hydrogens is 212 g/mol. The zero-order chi connectivity index (χ0) is 10.8. The number of hydrogen-bond donors (Lipinski definition) is 2. The van der Waals surface area contributed by atoms with Crippen molar-refractivity contribution in [2.24, 2.45) is 11.7 Å². The summed E-state index contributed by atoms with van der Waals surface area (Å²) in [5, 5.41) is 3.02. The molecule has 0 aromatic heterocycles. The summed E-state index contributed by atoms with van der Waals surface area (Å²) in [7, 11) is 0. The quantitative estimate of drug-likeness (QED) is 0.728. The highest BCUT2D eigenvalue weighted by Crippen LogP contribution is 2.23. The molecule has 1 amide bonds. The molecule has 90 valence electrons. The van der Waals surface area contributed by atoms with Gasteiger partial charge in [-0.05, 0) is 46.5 Å². The molecule has 0 atom stereocenters. The first kappa shape index (κ1) is 14.7. The Kier molecular flexibility index (Phi) is 5.60. The second-order valence-electron chi connectivity index (χ2n) is 5.35. The van der Waals surface area contributed by atoms with Crippen LogP contribution >= 0.6 is 12.4 Å². The van der Waals surface area contributed by atoms with Crippen LogP contribution in [0, 0.1) is 5.92 Å². The van der Waals surface area contributed by atoms with E-state index in [1.807, 2.05) is 20.8 Å². The number of rotatable bonds is 1. The van der Waals surface area contributed by atoms with Gasteiger partial charge < -0.3 is 11.1 Å². The molecule has 3 N–H and O–H groups in total. The summed E-state index contributed by atoms with van der Waals surface area (Å²) >= 11 is 0. The molecule has 0 radical (unpaired) electrons. The Morgan fingerprint density at radius 3 is 2.07 bits per heavy atom. The number of carbonyl (C=O) groups is 1. The average molecular weight is 235 g/mol. The molecule has 0 unspecified atom stereocenters. The second kappa shape index (κ2) is 5.71. The minimum Gasteiger partial charge on any atom is -0.351 e. The molecule has 15 heavy (non-hydrogen) atoms. The van der Waals surface area contributed by atoms with Crippen molar-refractivity contribution in [2.75, 3.05) is 0 Å². The SMILES string of the molecule is CC(C)(C)NC(=O)C1CCC(N)CC1.Cl. The highest BCUT2D eigenvalue weighted by molar-refractivity contribution is 5.85. The number of nitrogens with one attached hydrogen (secondary N) is 1. The van der Waals surface area contributed by atoms with E-state index in [1.165, 1.54) is 0 Å². The van der Waals surface area contributed by atoms with E-state index < -0.39 is 0 Å². The molecule has 1 rings (SSSR count). The zero-order valence-electron chi connectivity index (χ0n) is 9.88.